The molecule has 1 aromatic carbocycles. The van der Waals surface area contributed by atoms with Crippen LogP contribution >= 0.6 is 0 Å². The number of anilines is 1. The number of aliphatic imine (C=N–C) groups is 1. The van der Waals surface area contributed by atoms with Gasteiger partial charge < -0.3 is 5.73 Å². The largest absolute Gasteiger partial charge is 0.369 e. The molecule has 4 nitrogen and oxygen atoms in total. The molecule has 1 aromatic heterocycles. The fraction of sp³-hybridized carbons (Fsp3) is 0.200. The summed E-state index contributed by atoms with van der Waals surface area (Å²) < 4.78 is 27.2. The number of nitrogens with two attached hydrogens (primary N) is 1. The summed E-state index contributed by atoms with van der Waals surface area (Å²) in [5, 5.41) is 0. The van der Waals surface area contributed by atoms with Gasteiger partial charge in [0.2, 0.25) is 0 Å². The third-order valence-corrected chi connectivity index (χ3v) is 3.64. The first-order chi connectivity index (χ1) is 10.0. The zero-order valence-corrected chi connectivity index (χ0v) is 11.4. The van der Waals surface area contributed by atoms with Gasteiger partial charge in [-0.2, -0.15) is 0 Å². The van der Waals surface area contributed by atoms with Crippen LogP contribution in [0.1, 0.15) is 12.6 Å². The van der Waals surface area contributed by atoms with Crippen molar-refractivity contribution in [3.05, 3.63) is 59.9 Å². The van der Waals surface area contributed by atoms with E-state index in [1.807, 2.05) is 6.92 Å². The maximum absolute atomic E-state index is 14.1. The number of hydrogen-bond donors (Lipinski definition) is 1. The zero-order chi connectivity index (χ0) is 15.0. The molecule has 2 aromatic rings. The van der Waals surface area contributed by atoms with E-state index in [2.05, 4.69) is 9.98 Å². The zero-order valence-electron chi connectivity index (χ0n) is 11.4. The molecule has 1 unspecified atom stereocenters. The Morgan fingerprint density at radius 1 is 1.19 bits per heavy atom. The summed E-state index contributed by atoms with van der Waals surface area (Å²) >= 11 is 0. The van der Waals surface area contributed by atoms with Crippen LogP contribution in [0.25, 0.3) is 0 Å². The highest BCUT2D eigenvalue weighted by Crippen LogP contribution is 2.36. The van der Waals surface area contributed by atoms with E-state index in [1.54, 1.807) is 29.2 Å². The molecule has 3 rings (SSSR count). The molecular formula is C15H14F2N4. The van der Waals surface area contributed by atoms with E-state index in [9.17, 15) is 8.78 Å². The Morgan fingerprint density at radius 3 is 2.62 bits per heavy atom. The first kappa shape index (κ1) is 13.5. The first-order valence-corrected chi connectivity index (χ1v) is 6.49. The molecule has 0 bridgehead atoms. The van der Waals surface area contributed by atoms with Crippen molar-refractivity contribution in [1.29, 1.82) is 0 Å². The molecule has 1 aliphatic heterocycles. The lowest BCUT2D eigenvalue weighted by Gasteiger charge is -2.35. The summed E-state index contributed by atoms with van der Waals surface area (Å²) in [7, 11) is 0. The number of para-hydroxylation sites is 1. The van der Waals surface area contributed by atoms with Gasteiger partial charge in [-0.25, -0.2) is 8.78 Å². The Labute approximate surface area is 120 Å². The normalized spacial score (nSPS) is 21.5. The Kier molecular flexibility index (Phi) is 3.08. The van der Waals surface area contributed by atoms with Crippen molar-refractivity contribution < 1.29 is 8.78 Å². The van der Waals surface area contributed by atoms with E-state index < -0.39 is 17.2 Å². The summed E-state index contributed by atoms with van der Waals surface area (Å²) in [5.74, 6) is -0.605. The Balaban J connectivity index is 2.10. The fourth-order valence-electron chi connectivity index (χ4n) is 2.54. The van der Waals surface area contributed by atoms with Gasteiger partial charge in [0.1, 0.15) is 17.2 Å². The van der Waals surface area contributed by atoms with E-state index in [0.717, 1.165) is 6.20 Å². The van der Waals surface area contributed by atoms with Crippen LogP contribution in [0.4, 0.5) is 14.5 Å². The van der Waals surface area contributed by atoms with E-state index >= 15 is 0 Å². The minimum atomic E-state index is -0.750. The number of aromatic nitrogens is 1. The van der Waals surface area contributed by atoms with E-state index in [-0.39, 0.29) is 5.96 Å². The highest BCUT2D eigenvalue weighted by molar-refractivity contribution is 5.98. The van der Waals surface area contributed by atoms with Gasteiger partial charge in [0.15, 0.2) is 5.96 Å². The highest BCUT2D eigenvalue weighted by Gasteiger charge is 2.42. The molecule has 2 heterocycles. The van der Waals surface area contributed by atoms with Gasteiger partial charge in [-0.1, -0.05) is 12.1 Å². The molecule has 21 heavy (non-hydrogen) atoms. The van der Waals surface area contributed by atoms with Gasteiger partial charge in [-0.05, 0) is 31.2 Å². The Bertz CT molecular complexity index is 699. The van der Waals surface area contributed by atoms with Gasteiger partial charge in [0, 0.05) is 0 Å². The molecule has 0 amide bonds. The molecule has 108 valence electrons. The molecule has 0 spiro atoms. The SMILES string of the molecule is CC1(c2ccc(F)cn2)CN=C(N)N1c1ccccc1F. The average Bonchev–Trinajstić information content (AvgIpc) is 2.77. The van der Waals surface area contributed by atoms with Crippen LogP contribution in [0.15, 0.2) is 47.6 Å². The Morgan fingerprint density at radius 2 is 1.95 bits per heavy atom. The number of rotatable bonds is 2. The lowest BCUT2D eigenvalue weighted by Crippen LogP contribution is -2.48. The summed E-state index contributed by atoms with van der Waals surface area (Å²) in [6, 6.07) is 9.21. The topological polar surface area (TPSA) is 54.5 Å². The van der Waals surface area contributed by atoms with Crippen molar-refractivity contribution in [1.82, 2.24) is 4.98 Å². The van der Waals surface area contributed by atoms with Gasteiger partial charge in [-0.3, -0.25) is 14.9 Å². The maximum atomic E-state index is 14.1. The second-order valence-electron chi connectivity index (χ2n) is 5.10. The van der Waals surface area contributed by atoms with E-state index in [1.165, 1.54) is 12.1 Å². The Hall–Kier alpha value is -2.50. The number of guanidine groups is 1. The van der Waals surface area contributed by atoms with Crippen LogP contribution in [0.2, 0.25) is 0 Å². The van der Waals surface area contributed by atoms with Crippen molar-refractivity contribution in [2.75, 3.05) is 11.4 Å². The average molecular weight is 288 g/mol. The number of hydrogen-bond acceptors (Lipinski definition) is 4. The third kappa shape index (κ3) is 2.12. The van der Waals surface area contributed by atoms with Gasteiger partial charge >= 0.3 is 0 Å². The van der Waals surface area contributed by atoms with Gasteiger partial charge in [0.05, 0.1) is 24.1 Å². The molecule has 6 heteroatoms. The molecule has 0 fully saturated rings. The standard InChI is InChI=1S/C15H14F2N4/c1-15(13-7-6-10(16)8-19-13)9-20-14(18)21(15)12-5-3-2-4-11(12)17/h2-8H,9H2,1H3,(H2,18,20). The van der Waals surface area contributed by atoms with Crippen molar-refractivity contribution in [2.24, 2.45) is 10.7 Å². The van der Waals surface area contributed by atoms with Crippen LogP contribution in [-0.2, 0) is 5.54 Å². The lowest BCUT2D eigenvalue weighted by atomic mass is 9.95. The number of pyridine rings is 1. The highest BCUT2D eigenvalue weighted by atomic mass is 19.1. The molecule has 2 N–H and O–H groups in total. The van der Waals surface area contributed by atoms with E-state index in [0.29, 0.717) is 17.9 Å². The third-order valence-electron chi connectivity index (χ3n) is 3.64. The fourth-order valence-corrected chi connectivity index (χ4v) is 2.54. The van der Waals surface area contributed by atoms with Crippen LogP contribution in [0.3, 0.4) is 0 Å². The molecule has 0 saturated carbocycles. The van der Waals surface area contributed by atoms with Crippen molar-refractivity contribution in [2.45, 2.75) is 12.5 Å². The van der Waals surface area contributed by atoms with Gasteiger partial charge in [-0.15, -0.1) is 0 Å². The summed E-state index contributed by atoms with van der Waals surface area (Å²) in [6.07, 6.45) is 1.13. The number of nitrogens with zero attached hydrogens (tertiary/aromatic N) is 3. The van der Waals surface area contributed by atoms with Crippen LogP contribution in [-0.4, -0.2) is 17.5 Å². The number of halogens is 2. The molecule has 0 radical (unpaired) electrons. The van der Waals surface area contributed by atoms with Crippen molar-refractivity contribution in [3.8, 4) is 0 Å². The maximum Gasteiger partial charge on any atom is 0.196 e. The van der Waals surface area contributed by atoms with Crippen molar-refractivity contribution >= 4 is 11.6 Å². The predicted molar refractivity (Wildman–Crippen MR) is 76.9 cm³/mol. The van der Waals surface area contributed by atoms with Crippen LogP contribution in [0.5, 0.6) is 0 Å². The monoisotopic (exact) mass is 288 g/mol. The lowest BCUT2D eigenvalue weighted by molar-refractivity contribution is 0.501. The summed E-state index contributed by atoms with van der Waals surface area (Å²) in [4.78, 5) is 9.91. The first-order valence-electron chi connectivity index (χ1n) is 6.49. The van der Waals surface area contributed by atoms with Crippen LogP contribution in [0, 0.1) is 11.6 Å². The molecule has 0 saturated heterocycles. The predicted octanol–water partition coefficient (Wildman–Crippen LogP) is 2.41. The smallest absolute Gasteiger partial charge is 0.196 e. The van der Waals surface area contributed by atoms with Gasteiger partial charge in [0.25, 0.3) is 0 Å². The second kappa shape index (κ2) is 4.80. The number of benzene rings is 1. The second-order valence-corrected chi connectivity index (χ2v) is 5.10. The van der Waals surface area contributed by atoms with Crippen LogP contribution < -0.4 is 10.6 Å². The minimum absolute atomic E-state index is 0.216. The van der Waals surface area contributed by atoms with E-state index in [4.69, 9.17) is 5.73 Å². The quantitative estimate of drug-likeness (QED) is 0.923. The summed E-state index contributed by atoms with van der Waals surface area (Å²) in [6.45, 7) is 2.18. The molecule has 1 atom stereocenters. The minimum Gasteiger partial charge on any atom is -0.369 e. The summed E-state index contributed by atoms with van der Waals surface area (Å²) in [5.41, 5.74) is 6.08. The van der Waals surface area contributed by atoms with Crippen molar-refractivity contribution in [3.63, 3.8) is 0 Å². The molecule has 1 aliphatic rings. The molecule has 0 aliphatic carbocycles. The molecular weight excluding hydrogens is 274 g/mol.